The molecule has 1 nitrogen and oxygen atoms in total. The highest BCUT2D eigenvalue weighted by Crippen LogP contribution is 2.46. The second-order valence-electron chi connectivity index (χ2n) is 12.6. The number of ether oxygens (including phenoxy) is 1. The molecule has 0 aliphatic heterocycles. The van der Waals surface area contributed by atoms with Crippen molar-refractivity contribution in [2.24, 2.45) is 35.5 Å². The first-order valence-electron chi connectivity index (χ1n) is 15.7. The van der Waals surface area contributed by atoms with Gasteiger partial charge in [-0.25, -0.2) is 4.39 Å². The predicted molar refractivity (Wildman–Crippen MR) is 146 cm³/mol. The Morgan fingerprint density at radius 1 is 0.639 bits per heavy atom. The van der Waals surface area contributed by atoms with Gasteiger partial charge < -0.3 is 4.74 Å². The maximum absolute atomic E-state index is 14.6. The van der Waals surface area contributed by atoms with E-state index in [9.17, 15) is 8.78 Å². The van der Waals surface area contributed by atoms with E-state index in [1.807, 2.05) is 0 Å². The standard InChI is InChI=1S/C33H52F2O/c1-3-5-23-36-31-22-21-30(32(34)33(31)35)16-11-25-9-14-27(15-10-25)29-19-17-28(18-20-29)26-12-7-24(6-4-2)8-13-26/h21-22,24-29H,3-20,23H2,1-2H3. The third kappa shape index (κ3) is 7.47. The lowest BCUT2D eigenvalue weighted by Gasteiger charge is -2.41. The number of benzene rings is 1. The lowest BCUT2D eigenvalue weighted by Crippen LogP contribution is -2.29. The Labute approximate surface area is 220 Å². The summed E-state index contributed by atoms with van der Waals surface area (Å²) >= 11 is 0. The van der Waals surface area contributed by atoms with Gasteiger partial charge in [-0.15, -0.1) is 0 Å². The number of aryl methyl sites for hydroxylation is 1. The molecule has 0 saturated heterocycles. The molecule has 0 unspecified atom stereocenters. The summed E-state index contributed by atoms with van der Waals surface area (Å²) in [5.41, 5.74) is 0.513. The van der Waals surface area contributed by atoms with Crippen LogP contribution in [0.15, 0.2) is 12.1 Å². The van der Waals surface area contributed by atoms with E-state index in [-0.39, 0.29) is 5.75 Å². The van der Waals surface area contributed by atoms with E-state index < -0.39 is 11.6 Å². The molecule has 3 aliphatic carbocycles. The molecule has 0 aromatic heterocycles. The number of hydrogen-bond acceptors (Lipinski definition) is 1. The maximum Gasteiger partial charge on any atom is 0.200 e. The van der Waals surface area contributed by atoms with Crippen molar-refractivity contribution in [1.29, 1.82) is 0 Å². The number of unbranched alkanes of at least 4 members (excludes halogenated alkanes) is 1. The monoisotopic (exact) mass is 502 g/mol. The van der Waals surface area contributed by atoms with Crippen LogP contribution in [-0.2, 0) is 6.42 Å². The Bertz CT molecular complexity index is 768. The largest absolute Gasteiger partial charge is 0.490 e. The smallest absolute Gasteiger partial charge is 0.200 e. The van der Waals surface area contributed by atoms with Gasteiger partial charge in [0.25, 0.3) is 0 Å². The summed E-state index contributed by atoms with van der Waals surface area (Å²) in [5.74, 6) is 4.14. The van der Waals surface area contributed by atoms with Crippen LogP contribution in [0.25, 0.3) is 0 Å². The molecule has 204 valence electrons. The van der Waals surface area contributed by atoms with E-state index >= 15 is 0 Å². The zero-order chi connectivity index (χ0) is 25.3. The van der Waals surface area contributed by atoms with Crippen molar-refractivity contribution in [3.05, 3.63) is 29.3 Å². The van der Waals surface area contributed by atoms with Gasteiger partial charge in [0.1, 0.15) is 0 Å². The fraction of sp³-hybridized carbons (Fsp3) is 0.818. The zero-order valence-electron chi connectivity index (χ0n) is 23.2. The van der Waals surface area contributed by atoms with E-state index in [0.717, 1.165) is 48.9 Å². The zero-order valence-corrected chi connectivity index (χ0v) is 23.2. The molecule has 0 amide bonds. The summed E-state index contributed by atoms with van der Waals surface area (Å²) in [6, 6.07) is 3.35. The van der Waals surface area contributed by atoms with Crippen molar-refractivity contribution in [3.8, 4) is 5.75 Å². The van der Waals surface area contributed by atoms with Crippen molar-refractivity contribution in [3.63, 3.8) is 0 Å². The molecule has 3 aliphatic rings. The SMILES string of the molecule is CCCCOc1ccc(CCC2CCC(C3CCC(C4CCC(CCC)CC4)CC3)CC2)c(F)c1F. The van der Waals surface area contributed by atoms with E-state index in [1.54, 1.807) is 12.1 Å². The van der Waals surface area contributed by atoms with Crippen LogP contribution in [0, 0.1) is 47.1 Å². The highest BCUT2D eigenvalue weighted by Gasteiger charge is 2.34. The minimum Gasteiger partial charge on any atom is -0.490 e. The molecule has 0 spiro atoms. The Balaban J connectivity index is 1.15. The van der Waals surface area contributed by atoms with Crippen LogP contribution < -0.4 is 4.74 Å². The van der Waals surface area contributed by atoms with Gasteiger partial charge in [0, 0.05) is 0 Å². The molecule has 0 heterocycles. The topological polar surface area (TPSA) is 9.23 Å². The van der Waals surface area contributed by atoms with Gasteiger partial charge in [-0.3, -0.25) is 0 Å². The third-order valence-corrected chi connectivity index (χ3v) is 10.3. The van der Waals surface area contributed by atoms with Crippen LogP contribution in [0.4, 0.5) is 8.78 Å². The molecule has 0 N–H and O–H groups in total. The average molecular weight is 503 g/mol. The number of hydrogen-bond donors (Lipinski definition) is 0. The molecule has 3 heteroatoms. The Kier molecular flexibility index (Phi) is 11.0. The summed E-state index contributed by atoms with van der Waals surface area (Å²) in [7, 11) is 0. The summed E-state index contributed by atoms with van der Waals surface area (Å²) in [6.45, 7) is 4.84. The van der Waals surface area contributed by atoms with Gasteiger partial charge in [0.15, 0.2) is 11.6 Å². The normalized spacial score (nSPS) is 31.3. The summed E-state index contributed by atoms with van der Waals surface area (Å²) < 4.78 is 34.4. The molecular formula is C33H52F2O. The van der Waals surface area contributed by atoms with E-state index in [4.69, 9.17) is 4.74 Å². The van der Waals surface area contributed by atoms with Crippen LogP contribution in [0.3, 0.4) is 0 Å². The number of rotatable bonds is 11. The molecular weight excluding hydrogens is 450 g/mol. The highest BCUT2D eigenvalue weighted by atomic mass is 19.2. The van der Waals surface area contributed by atoms with Crippen molar-refractivity contribution >= 4 is 0 Å². The molecule has 3 saturated carbocycles. The molecule has 1 aromatic rings. The van der Waals surface area contributed by atoms with Crippen LogP contribution >= 0.6 is 0 Å². The van der Waals surface area contributed by atoms with Crippen molar-refractivity contribution in [1.82, 2.24) is 0 Å². The van der Waals surface area contributed by atoms with Gasteiger partial charge >= 0.3 is 0 Å². The number of halogens is 2. The lowest BCUT2D eigenvalue weighted by molar-refractivity contribution is 0.102. The minimum absolute atomic E-state index is 0.0594. The summed E-state index contributed by atoms with van der Waals surface area (Å²) in [6.07, 6.45) is 23.4. The van der Waals surface area contributed by atoms with Gasteiger partial charge in [-0.2, -0.15) is 4.39 Å². The predicted octanol–water partition coefficient (Wildman–Crippen LogP) is 10.3. The van der Waals surface area contributed by atoms with Crippen LogP contribution in [0.2, 0.25) is 0 Å². The van der Waals surface area contributed by atoms with Gasteiger partial charge in [0.05, 0.1) is 6.61 Å². The van der Waals surface area contributed by atoms with Crippen LogP contribution in [-0.4, -0.2) is 6.61 Å². The van der Waals surface area contributed by atoms with Crippen LogP contribution in [0.1, 0.15) is 129 Å². The fourth-order valence-electron chi connectivity index (χ4n) is 7.96. The van der Waals surface area contributed by atoms with Crippen molar-refractivity contribution in [2.75, 3.05) is 6.61 Å². The van der Waals surface area contributed by atoms with E-state index in [0.29, 0.717) is 24.5 Å². The molecule has 0 radical (unpaired) electrons. The second-order valence-corrected chi connectivity index (χ2v) is 12.6. The molecule has 0 atom stereocenters. The molecule has 0 bridgehead atoms. The van der Waals surface area contributed by atoms with Gasteiger partial charge in [-0.05, 0) is 118 Å². The van der Waals surface area contributed by atoms with Crippen LogP contribution in [0.5, 0.6) is 5.75 Å². The maximum atomic E-state index is 14.6. The fourth-order valence-corrected chi connectivity index (χ4v) is 7.96. The molecule has 36 heavy (non-hydrogen) atoms. The molecule has 4 rings (SSSR count). The Morgan fingerprint density at radius 2 is 1.14 bits per heavy atom. The van der Waals surface area contributed by atoms with Gasteiger partial charge in [0.2, 0.25) is 5.82 Å². The quantitative estimate of drug-likeness (QED) is 0.273. The first kappa shape index (κ1) is 27.9. The average Bonchev–Trinajstić information content (AvgIpc) is 2.92. The lowest BCUT2D eigenvalue weighted by atomic mass is 9.64. The highest BCUT2D eigenvalue weighted by molar-refractivity contribution is 5.31. The van der Waals surface area contributed by atoms with Crippen molar-refractivity contribution < 1.29 is 13.5 Å². The molecule has 3 fully saturated rings. The Hall–Kier alpha value is -1.12. The summed E-state index contributed by atoms with van der Waals surface area (Å²) in [4.78, 5) is 0. The van der Waals surface area contributed by atoms with E-state index in [2.05, 4.69) is 13.8 Å². The summed E-state index contributed by atoms with van der Waals surface area (Å²) in [5, 5.41) is 0. The molecule has 1 aromatic carbocycles. The van der Waals surface area contributed by atoms with Gasteiger partial charge in [-0.1, -0.05) is 64.9 Å². The van der Waals surface area contributed by atoms with Crippen molar-refractivity contribution in [2.45, 2.75) is 129 Å². The minimum atomic E-state index is -0.808. The second kappa shape index (κ2) is 14.1. The first-order chi connectivity index (χ1) is 17.6. The third-order valence-electron chi connectivity index (χ3n) is 10.3. The van der Waals surface area contributed by atoms with E-state index in [1.165, 1.54) is 89.9 Å². The Morgan fingerprint density at radius 3 is 1.64 bits per heavy atom. The first-order valence-corrected chi connectivity index (χ1v) is 15.7.